The zero-order chi connectivity index (χ0) is 39.8. The molecule has 0 N–H and O–H groups in total. The third-order valence-corrected chi connectivity index (χ3v) is 13.8. The normalized spacial score (nSPS) is 11.4. The van der Waals surface area contributed by atoms with Crippen LogP contribution in [-0.2, 0) is 6.54 Å². The second kappa shape index (κ2) is 17.2. The topological polar surface area (TPSA) is 153 Å². The summed E-state index contributed by atoms with van der Waals surface area (Å²) in [6.45, 7) is 0.480. The zero-order valence-corrected chi connectivity index (χ0v) is 32.0. The molecular weight excluding hydrogens is 757 g/mol. The van der Waals surface area contributed by atoms with Gasteiger partial charge in [-0.2, -0.15) is 0 Å². The Labute approximate surface area is 332 Å². The van der Waals surface area contributed by atoms with Gasteiger partial charge in [0.25, 0.3) is 5.69 Å². The van der Waals surface area contributed by atoms with Crippen molar-refractivity contribution in [3.63, 3.8) is 0 Å². The Morgan fingerprint density at radius 2 is 0.877 bits per heavy atom. The molecule has 0 fully saturated rings. The summed E-state index contributed by atoms with van der Waals surface area (Å²) in [5.41, 5.74) is 5.93. The second-order valence-corrected chi connectivity index (χ2v) is 17.1. The predicted octanol–water partition coefficient (Wildman–Crippen LogP) is 4.70. The summed E-state index contributed by atoms with van der Waals surface area (Å²) >= 11 is 0. The lowest BCUT2D eigenvalue weighted by atomic mass is 10.0. The highest BCUT2D eigenvalue weighted by molar-refractivity contribution is 8.01. The first-order valence-corrected chi connectivity index (χ1v) is 20.9. The van der Waals surface area contributed by atoms with Gasteiger partial charge in [0, 0.05) is 35.4 Å². The molecule has 0 bridgehead atoms. The van der Waals surface area contributed by atoms with E-state index in [0.717, 1.165) is 39.5 Å². The maximum Gasteiger partial charge on any atom is 0.269 e. The summed E-state index contributed by atoms with van der Waals surface area (Å²) in [7, 11) is -7.22. The molecule has 0 saturated heterocycles. The quantitative estimate of drug-likeness (QED) is 0.111. The second-order valence-electron chi connectivity index (χ2n) is 13.0. The van der Waals surface area contributed by atoms with E-state index in [9.17, 15) is 10.1 Å². The number of benzene rings is 7. The first-order chi connectivity index (χ1) is 27.6. The van der Waals surface area contributed by atoms with E-state index < -0.39 is 17.5 Å². The molecule has 8 aromatic rings. The van der Waals surface area contributed by atoms with Crippen LogP contribution in [0.1, 0.15) is 5.56 Å². The van der Waals surface area contributed by atoms with Crippen LogP contribution in [0.15, 0.2) is 200 Å². The van der Waals surface area contributed by atoms with Crippen molar-refractivity contribution in [1.29, 1.82) is 0 Å². The lowest BCUT2D eigenvalue weighted by Crippen LogP contribution is -2.68. The van der Waals surface area contributed by atoms with E-state index in [1.807, 2.05) is 48.5 Å². The SMILES string of the molecule is O=[N+]([O-])c1ccc(Cn2c(-c3ccc([P+](c4ccccc4)(c4ccccc4)c4ccccc4)cc3)nc(-c3ccccc3)c2-c2ccccc2)cc1.[O-][Cl+3]([O-])([O-])[O-]. The van der Waals surface area contributed by atoms with Gasteiger partial charge < -0.3 is 4.57 Å². The van der Waals surface area contributed by atoms with E-state index in [4.69, 9.17) is 23.6 Å². The van der Waals surface area contributed by atoms with Crippen molar-refractivity contribution < 1.29 is 33.8 Å². The lowest BCUT2D eigenvalue weighted by Gasteiger charge is -2.27. The summed E-state index contributed by atoms with van der Waals surface area (Å²) < 4.78 is 36.2. The molecule has 0 aliphatic carbocycles. The maximum atomic E-state index is 11.5. The monoisotopic (exact) mass is 791 g/mol. The van der Waals surface area contributed by atoms with Gasteiger partial charge >= 0.3 is 0 Å². The molecule has 0 aliphatic rings. The molecule has 9 nitrogen and oxygen atoms in total. The molecule has 0 spiro atoms. The number of aromatic nitrogens is 2. The smallest absolute Gasteiger partial charge is 0.269 e. The molecule has 11 heteroatoms. The first kappa shape index (κ1) is 39.0. The highest BCUT2D eigenvalue weighted by atomic mass is 35.7. The highest BCUT2D eigenvalue weighted by Gasteiger charge is 2.47. The number of nitro benzene ring substituents is 1. The Morgan fingerprint density at radius 3 is 1.30 bits per heavy atom. The first-order valence-electron chi connectivity index (χ1n) is 17.9. The number of hydrogen-bond acceptors (Lipinski definition) is 7. The lowest BCUT2D eigenvalue weighted by molar-refractivity contribution is -2.00. The maximum absolute atomic E-state index is 11.5. The molecule has 0 aliphatic heterocycles. The number of hydrogen-bond donors (Lipinski definition) is 0. The fraction of sp³-hybridized carbons (Fsp3) is 0.0217. The van der Waals surface area contributed by atoms with E-state index in [1.54, 1.807) is 12.1 Å². The summed E-state index contributed by atoms with van der Waals surface area (Å²) in [5.74, 6) is 0.825. The summed E-state index contributed by atoms with van der Waals surface area (Å²) in [6, 6.07) is 69.0. The fourth-order valence-electron chi connectivity index (χ4n) is 7.10. The van der Waals surface area contributed by atoms with E-state index in [0.29, 0.717) is 6.54 Å². The van der Waals surface area contributed by atoms with Gasteiger partial charge in [-0.15, -0.1) is 10.2 Å². The van der Waals surface area contributed by atoms with Crippen LogP contribution in [0.25, 0.3) is 33.9 Å². The van der Waals surface area contributed by atoms with Gasteiger partial charge in [-0.05, 0) is 66.2 Å². The Balaban J connectivity index is 0.000000935. The van der Waals surface area contributed by atoms with E-state index in [1.165, 1.54) is 21.2 Å². The standard InChI is InChI=1S/C46H35N3O2P.ClHO4/c50-49(51)39-30-26-35(27-31-39)34-48-45(37-18-8-2-9-19-37)44(36-16-6-1-7-17-36)47-46(48)38-28-32-43(33-29-38)52(40-20-10-3-11-21-40,41-22-12-4-13-23-41)42-24-14-5-15-25-42;2-1(3,4)5/h1-33H,34H2;(H,2,3,4,5)/q+1;/p-1. The molecular formula is C46H35ClN3O6P. The minimum Gasteiger partial charge on any atom is -0.319 e. The van der Waals surface area contributed by atoms with Gasteiger partial charge in [-0.25, -0.2) is 23.6 Å². The molecule has 0 radical (unpaired) electrons. The summed E-state index contributed by atoms with van der Waals surface area (Å²) in [4.78, 5) is 16.5. The molecule has 57 heavy (non-hydrogen) atoms. The number of nitro groups is 1. The third-order valence-electron chi connectivity index (χ3n) is 9.49. The predicted molar refractivity (Wildman–Crippen MR) is 216 cm³/mol. The van der Waals surface area contributed by atoms with Crippen molar-refractivity contribution in [1.82, 2.24) is 9.55 Å². The van der Waals surface area contributed by atoms with E-state index in [-0.39, 0.29) is 10.6 Å². The molecule has 0 saturated carbocycles. The van der Waals surface area contributed by atoms with Crippen molar-refractivity contribution in [2.75, 3.05) is 0 Å². The molecule has 1 aromatic heterocycles. The summed E-state index contributed by atoms with van der Waals surface area (Å²) in [5, 5.41) is 16.6. The zero-order valence-electron chi connectivity index (χ0n) is 30.4. The van der Waals surface area contributed by atoms with Crippen LogP contribution in [0.3, 0.4) is 0 Å². The van der Waals surface area contributed by atoms with Crippen molar-refractivity contribution >= 4 is 34.2 Å². The van der Waals surface area contributed by atoms with Gasteiger partial charge in [0.1, 0.15) is 34.3 Å². The Hall–Kier alpha value is -6.29. The number of imidazole rings is 1. The Kier molecular flexibility index (Phi) is 11.8. The van der Waals surface area contributed by atoms with Crippen LogP contribution in [0.4, 0.5) is 5.69 Å². The van der Waals surface area contributed by atoms with Crippen LogP contribution < -0.4 is 39.9 Å². The van der Waals surface area contributed by atoms with E-state index >= 15 is 0 Å². The van der Waals surface area contributed by atoms with Crippen LogP contribution in [0.5, 0.6) is 0 Å². The van der Waals surface area contributed by atoms with Gasteiger partial charge in [0.15, 0.2) is 0 Å². The number of nitrogens with zero attached hydrogens (tertiary/aromatic N) is 3. The highest BCUT2D eigenvalue weighted by Crippen LogP contribution is 2.54. The number of rotatable bonds is 10. The third kappa shape index (κ3) is 8.75. The average molecular weight is 792 g/mol. The van der Waals surface area contributed by atoms with Crippen LogP contribution >= 0.6 is 7.26 Å². The van der Waals surface area contributed by atoms with Gasteiger partial charge in [0.05, 0.1) is 16.3 Å². The Morgan fingerprint density at radius 1 is 0.491 bits per heavy atom. The van der Waals surface area contributed by atoms with Crippen LogP contribution in [0.2, 0.25) is 0 Å². The van der Waals surface area contributed by atoms with Crippen molar-refractivity contribution in [2.45, 2.75) is 6.54 Å². The molecule has 0 unspecified atom stereocenters. The molecule has 0 atom stereocenters. The van der Waals surface area contributed by atoms with Gasteiger partial charge in [0.2, 0.25) is 0 Å². The van der Waals surface area contributed by atoms with Crippen LogP contribution in [-0.4, -0.2) is 14.5 Å². The van der Waals surface area contributed by atoms with Gasteiger partial charge in [-0.1, -0.05) is 127 Å². The van der Waals surface area contributed by atoms with Gasteiger partial charge in [-0.3, -0.25) is 10.1 Å². The molecule has 0 amide bonds. The molecule has 8 rings (SSSR count). The summed E-state index contributed by atoms with van der Waals surface area (Å²) in [6.07, 6.45) is 0. The minimum atomic E-state index is -4.94. The number of non-ortho nitro benzene ring substituents is 1. The average Bonchev–Trinajstić information content (AvgIpc) is 3.61. The molecule has 282 valence electrons. The van der Waals surface area contributed by atoms with Crippen molar-refractivity contribution in [3.05, 3.63) is 216 Å². The van der Waals surface area contributed by atoms with E-state index in [2.05, 4.69) is 144 Å². The largest absolute Gasteiger partial charge is 0.319 e. The fourth-order valence-corrected chi connectivity index (χ4v) is 11.3. The van der Waals surface area contributed by atoms with Crippen molar-refractivity contribution in [2.24, 2.45) is 0 Å². The minimum absolute atomic E-state index is 0.0699. The van der Waals surface area contributed by atoms with Crippen LogP contribution in [0, 0.1) is 20.4 Å². The molecule has 7 aromatic carbocycles. The number of halogens is 1. The van der Waals surface area contributed by atoms with Crippen molar-refractivity contribution in [3.8, 4) is 33.9 Å². The Bertz CT molecular complexity index is 2430. The molecule has 1 heterocycles.